The van der Waals surface area contributed by atoms with Crippen LogP contribution in [0.25, 0.3) is 16.7 Å². The standard InChI is InChI=1S/C24H25N5O2/c1-17-6-3-7-19(14-17)27-13-12-26(15-18(27)2)22(30)16-29-23-20(8-4-10-25-23)28-11-5-9-21(28)24(29)31/h3-11,14,18H,12-13,15-16H2,1-2H3/t18-/m1/s1. The number of anilines is 1. The average Bonchev–Trinajstić information content (AvgIpc) is 3.27. The maximum Gasteiger partial charge on any atom is 0.276 e. The van der Waals surface area contributed by atoms with E-state index in [1.807, 2.05) is 33.7 Å². The van der Waals surface area contributed by atoms with Gasteiger partial charge >= 0.3 is 0 Å². The molecule has 1 saturated heterocycles. The minimum absolute atomic E-state index is 0.00874. The number of piperazine rings is 1. The molecule has 7 heteroatoms. The number of amides is 1. The van der Waals surface area contributed by atoms with E-state index in [0.717, 1.165) is 12.1 Å². The Bertz CT molecular complexity index is 1340. The third-order valence-corrected chi connectivity index (χ3v) is 6.10. The molecule has 1 amide bonds. The molecule has 0 aliphatic carbocycles. The van der Waals surface area contributed by atoms with Crippen LogP contribution in [0.3, 0.4) is 0 Å². The molecule has 4 aromatic rings. The number of nitrogens with zero attached hydrogens (tertiary/aromatic N) is 5. The van der Waals surface area contributed by atoms with Crippen molar-refractivity contribution in [3.63, 3.8) is 0 Å². The van der Waals surface area contributed by atoms with Crippen LogP contribution in [0, 0.1) is 6.92 Å². The quantitative estimate of drug-likeness (QED) is 0.516. The van der Waals surface area contributed by atoms with Gasteiger partial charge in [-0.2, -0.15) is 0 Å². The van der Waals surface area contributed by atoms with E-state index in [1.54, 1.807) is 12.3 Å². The summed E-state index contributed by atoms with van der Waals surface area (Å²) in [5, 5.41) is 0. The first-order valence-corrected chi connectivity index (χ1v) is 10.6. The maximum atomic E-state index is 13.2. The highest BCUT2D eigenvalue weighted by atomic mass is 16.2. The smallest absolute Gasteiger partial charge is 0.276 e. The Hall–Kier alpha value is -3.61. The highest BCUT2D eigenvalue weighted by molar-refractivity contribution is 5.80. The largest absolute Gasteiger partial charge is 0.365 e. The van der Waals surface area contributed by atoms with Gasteiger partial charge in [-0.25, -0.2) is 4.98 Å². The number of carbonyl (C=O) groups excluding carboxylic acids is 1. The van der Waals surface area contributed by atoms with Gasteiger partial charge in [-0.05, 0) is 55.8 Å². The topological polar surface area (TPSA) is 62.8 Å². The molecule has 0 bridgehead atoms. The molecule has 5 rings (SSSR count). The van der Waals surface area contributed by atoms with E-state index in [0.29, 0.717) is 24.3 Å². The van der Waals surface area contributed by atoms with Crippen LogP contribution in [0.4, 0.5) is 5.69 Å². The van der Waals surface area contributed by atoms with Gasteiger partial charge in [0.1, 0.15) is 12.1 Å². The van der Waals surface area contributed by atoms with Gasteiger partial charge in [0.15, 0.2) is 5.65 Å². The first kappa shape index (κ1) is 19.4. The number of hydrogen-bond acceptors (Lipinski definition) is 4. The molecule has 7 nitrogen and oxygen atoms in total. The summed E-state index contributed by atoms with van der Waals surface area (Å²) in [5.41, 5.74) is 4.10. The molecule has 0 spiro atoms. The average molecular weight is 415 g/mol. The van der Waals surface area contributed by atoms with Crippen molar-refractivity contribution in [1.29, 1.82) is 0 Å². The molecule has 31 heavy (non-hydrogen) atoms. The lowest BCUT2D eigenvalue weighted by molar-refractivity contribution is -0.132. The highest BCUT2D eigenvalue weighted by Gasteiger charge is 2.27. The first-order valence-electron chi connectivity index (χ1n) is 10.6. The lowest BCUT2D eigenvalue weighted by atomic mass is 10.1. The number of pyridine rings is 1. The zero-order valence-corrected chi connectivity index (χ0v) is 17.7. The fraction of sp³-hybridized carbons (Fsp3) is 0.292. The lowest BCUT2D eigenvalue weighted by Gasteiger charge is -2.41. The molecular weight excluding hydrogens is 390 g/mol. The summed E-state index contributed by atoms with van der Waals surface area (Å²) < 4.78 is 3.33. The predicted molar refractivity (Wildman–Crippen MR) is 122 cm³/mol. The van der Waals surface area contributed by atoms with E-state index in [-0.39, 0.29) is 24.1 Å². The van der Waals surface area contributed by atoms with Crippen LogP contribution in [-0.2, 0) is 11.3 Å². The number of fused-ring (bicyclic) bond motifs is 3. The molecule has 1 aromatic carbocycles. The van der Waals surface area contributed by atoms with E-state index in [2.05, 4.69) is 48.0 Å². The van der Waals surface area contributed by atoms with Crippen molar-refractivity contribution in [2.24, 2.45) is 0 Å². The minimum atomic E-state index is -0.198. The van der Waals surface area contributed by atoms with Crippen LogP contribution in [0.1, 0.15) is 12.5 Å². The van der Waals surface area contributed by atoms with Crippen LogP contribution in [0.15, 0.2) is 65.7 Å². The van der Waals surface area contributed by atoms with Gasteiger partial charge in [0, 0.05) is 43.8 Å². The second-order valence-electron chi connectivity index (χ2n) is 8.22. The van der Waals surface area contributed by atoms with Crippen LogP contribution in [0.5, 0.6) is 0 Å². The maximum absolute atomic E-state index is 13.2. The molecule has 158 valence electrons. The van der Waals surface area contributed by atoms with Gasteiger partial charge in [-0.3, -0.25) is 14.2 Å². The zero-order valence-electron chi connectivity index (χ0n) is 17.7. The summed E-state index contributed by atoms with van der Waals surface area (Å²) in [6.45, 7) is 6.24. The Morgan fingerprint density at radius 3 is 2.74 bits per heavy atom. The Balaban J connectivity index is 1.40. The molecule has 0 N–H and O–H groups in total. The second-order valence-corrected chi connectivity index (χ2v) is 8.22. The van der Waals surface area contributed by atoms with Crippen molar-refractivity contribution in [3.8, 4) is 0 Å². The van der Waals surface area contributed by atoms with E-state index in [9.17, 15) is 9.59 Å². The van der Waals surface area contributed by atoms with Gasteiger partial charge in [0.05, 0.1) is 5.52 Å². The molecule has 1 aliphatic heterocycles. The van der Waals surface area contributed by atoms with Crippen molar-refractivity contribution in [3.05, 3.63) is 76.8 Å². The zero-order chi connectivity index (χ0) is 21.5. The third-order valence-electron chi connectivity index (χ3n) is 6.10. The number of hydrogen-bond donors (Lipinski definition) is 0. The van der Waals surface area contributed by atoms with Crippen molar-refractivity contribution >= 4 is 28.3 Å². The number of aryl methyl sites for hydroxylation is 1. The molecule has 1 atom stereocenters. The van der Waals surface area contributed by atoms with Crippen molar-refractivity contribution in [2.45, 2.75) is 26.4 Å². The second kappa shape index (κ2) is 7.58. The molecular formula is C24H25N5O2. The SMILES string of the molecule is Cc1cccc(N2CCN(C(=O)Cn3c(=O)c4cccn4c4cccnc43)C[C@H]2C)c1. The van der Waals surface area contributed by atoms with Crippen LogP contribution >= 0.6 is 0 Å². The third kappa shape index (κ3) is 3.36. The van der Waals surface area contributed by atoms with Gasteiger partial charge in [-0.15, -0.1) is 0 Å². The highest BCUT2D eigenvalue weighted by Crippen LogP contribution is 2.22. The van der Waals surface area contributed by atoms with Crippen molar-refractivity contribution < 1.29 is 4.79 Å². The van der Waals surface area contributed by atoms with Gasteiger partial charge in [0.25, 0.3) is 5.56 Å². The Labute approximate surface area is 180 Å². The summed E-state index contributed by atoms with van der Waals surface area (Å²) in [5.74, 6) is -0.0549. The predicted octanol–water partition coefficient (Wildman–Crippen LogP) is 2.69. The summed E-state index contributed by atoms with van der Waals surface area (Å²) in [6.07, 6.45) is 3.50. The van der Waals surface area contributed by atoms with E-state index < -0.39 is 0 Å². The lowest BCUT2D eigenvalue weighted by Crippen LogP contribution is -2.54. The van der Waals surface area contributed by atoms with Crippen LogP contribution in [-0.4, -0.2) is 50.4 Å². The Morgan fingerprint density at radius 2 is 1.94 bits per heavy atom. The summed E-state index contributed by atoms with van der Waals surface area (Å²) in [6, 6.07) is 16.0. The fourth-order valence-corrected chi connectivity index (χ4v) is 4.54. The molecule has 4 heterocycles. The van der Waals surface area contributed by atoms with Crippen molar-refractivity contribution in [1.82, 2.24) is 18.9 Å². The van der Waals surface area contributed by atoms with E-state index >= 15 is 0 Å². The molecule has 3 aromatic heterocycles. The molecule has 1 aliphatic rings. The Kier molecular flexibility index (Phi) is 4.73. The van der Waals surface area contributed by atoms with Gasteiger partial charge in [-0.1, -0.05) is 12.1 Å². The summed E-state index contributed by atoms with van der Waals surface area (Å²) >= 11 is 0. The van der Waals surface area contributed by atoms with Gasteiger partial charge in [0.2, 0.25) is 5.91 Å². The number of carbonyl (C=O) groups is 1. The van der Waals surface area contributed by atoms with E-state index in [1.165, 1.54) is 15.8 Å². The molecule has 1 fully saturated rings. The molecule has 0 unspecified atom stereocenters. The molecule has 0 saturated carbocycles. The number of benzene rings is 1. The summed E-state index contributed by atoms with van der Waals surface area (Å²) in [4.78, 5) is 34.9. The number of aromatic nitrogens is 3. The Morgan fingerprint density at radius 1 is 1.10 bits per heavy atom. The molecule has 0 radical (unpaired) electrons. The van der Waals surface area contributed by atoms with Crippen LogP contribution < -0.4 is 10.5 Å². The van der Waals surface area contributed by atoms with Crippen molar-refractivity contribution in [2.75, 3.05) is 24.5 Å². The monoisotopic (exact) mass is 415 g/mol. The summed E-state index contributed by atoms with van der Waals surface area (Å²) in [7, 11) is 0. The van der Waals surface area contributed by atoms with Crippen LogP contribution in [0.2, 0.25) is 0 Å². The minimum Gasteiger partial charge on any atom is -0.365 e. The normalized spacial score (nSPS) is 16.9. The fourth-order valence-electron chi connectivity index (χ4n) is 4.54. The first-order chi connectivity index (χ1) is 15.0. The van der Waals surface area contributed by atoms with Gasteiger partial charge < -0.3 is 14.2 Å². The number of rotatable bonds is 3. The van der Waals surface area contributed by atoms with E-state index in [4.69, 9.17) is 0 Å².